The van der Waals surface area contributed by atoms with Gasteiger partial charge in [-0.1, -0.05) is 0 Å². The first-order chi connectivity index (χ1) is 12.2. The number of amides is 1. The van der Waals surface area contributed by atoms with Crippen LogP contribution in [0.3, 0.4) is 0 Å². The van der Waals surface area contributed by atoms with Gasteiger partial charge in [0.2, 0.25) is 5.91 Å². The highest BCUT2D eigenvalue weighted by Crippen LogP contribution is 2.29. The lowest BCUT2D eigenvalue weighted by molar-refractivity contribution is -0.114. The van der Waals surface area contributed by atoms with Gasteiger partial charge in [0.15, 0.2) is 23.4 Å². The van der Waals surface area contributed by atoms with Crippen LogP contribution in [0.2, 0.25) is 0 Å². The van der Waals surface area contributed by atoms with E-state index in [-0.39, 0.29) is 35.3 Å². The molecule has 0 saturated carbocycles. The zero-order chi connectivity index (χ0) is 19.3. The fourth-order valence-electron chi connectivity index (χ4n) is 2.58. The zero-order valence-electron chi connectivity index (χ0n) is 15.4. The Hall–Kier alpha value is -1.17. The van der Waals surface area contributed by atoms with E-state index in [4.69, 9.17) is 0 Å². The lowest BCUT2D eigenvalue weighted by Crippen LogP contribution is -2.51. The molecule has 10 heteroatoms. The van der Waals surface area contributed by atoms with Crippen LogP contribution in [0, 0.1) is 17.5 Å². The van der Waals surface area contributed by atoms with Crippen molar-refractivity contribution in [2.45, 2.75) is 25.5 Å². The summed E-state index contributed by atoms with van der Waals surface area (Å²) in [6.07, 6.45) is 0. The number of benzene rings is 1. The van der Waals surface area contributed by atoms with Gasteiger partial charge in [-0.2, -0.15) is 11.8 Å². The summed E-state index contributed by atoms with van der Waals surface area (Å²) in [5.74, 6) is -3.42. The number of carbonyl (C=O) groups excluding carboxylic acids is 1. The number of anilines is 1. The first kappa shape index (κ1) is 23.9. The molecule has 0 aliphatic carbocycles. The van der Waals surface area contributed by atoms with Gasteiger partial charge in [-0.15, -0.1) is 24.0 Å². The standard InChI is InChI=1S/C17H23F3N4OS.HI/c1-4-21-16(24-7-8-26-17(2,3)10-24)22-9-13(25)23-12-6-5-11(18)14(19)15(12)20;/h5-6H,4,7-10H2,1-3H3,(H,21,22)(H,23,25);1H. The van der Waals surface area contributed by atoms with Crippen LogP contribution in [0.1, 0.15) is 20.8 Å². The molecule has 0 unspecified atom stereocenters. The second kappa shape index (κ2) is 10.4. The van der Waals surface area contributed by atoms with E-state index in [2.05, 4.69) is 34.4 Å². The van der Waals surface area contributed by atoms with E-state index in [0.717, 1.165) is 31.0 Å². The van der Waals surface area contributed by atoms with Crippen LogP contribution in [0.25, 0.3) is 0 Å². The average molecular weight is 516 g/mol. The lowest BCUT2D eigenvalue weighted by Gasteiger charge is -2.39. The van der Waals surface area contributed by atoms with Crippen molar-refractivity contribution in [3.63, 3.8) is 0 Å². The molecule has 1 aliphatic rings. The number of aliphatic imine (C=N–C) groups is 1. The van der Waals surface area contributed by atoms with Crippen LogP contribution >= 0.6 is 35.7 Å². The van der Waals surface area contributed by atoms with E-state index < -0.39 is 29.0 Å². The first-order valence-electron chi connectivity index (χ1n) is 8.34. The maximum atomic E-state index is 13.6. The Bertz CT molecular complexity index is 703. The summed E-state index contributed by atoms with van der Waals surface area (Å²) < 4.78 is 39.9. The second-order valence-electron chi connectivity index (χ2n) is 6.47. The van der Waals surface area contributed by atoms with E-state index in [1.54, 1.807) is 0 Å². The normalized spacial score (nSPS) is 16.5. The monoisotopic (exact) mass is 516 g/mol. The van der Waals surface area contributed by atoms with Crippen LogP contribution < -0.4 is 10.6 Å². The minimum absolute atomic E-state index is 0. The fourth-order valence-corrected chi connectivity index (χ4v) is 3.69. The molecule has 0 aromatic heterocycles. The summed E-state index contributed by atoms with van der Waals surface area (Å²) in [6.45, 7) is 8.18. The Morgan fingerprint density at radius 1 is 1.30 bits per heavy atom. The average Bonchev–Trinajstić information content (AvgIpc) is 2.58. The summed E-state index contributed by atoms with van der Waals surface area (Å²) in [7, 11) is 0. The Balaban J connectivity index is 0.00000364. The van der Waals surface area contributed by atoms with Crippen molar-refractivity contribution in [3.8, 4) is 0 Å². The quantitative estimate of drug-likeness (QED) is 0.279. The second-order valence-corrected chi connectivity index (χ2v) is 8.27. The highest BCUT2D eigenvalue weighted by molar-refractivity contribution is 14.0. The van der Waals surface area contributed by atoms with Crippen LogP contribution in [0.15, 0.2) is 17.1 Å². The van der Waals surface area contributed by atoms with Gasteiger partial charge in [-0.05, 0) is 32.9 Å². The Labute approximate surface area is 178 Å². The minimum atomic E-state index is -1.62. The Morgan fingerprint density at radius 3 is 2.63 bits per heavy atom. The molecule has 0 radical (unpaired) electrons. The highest BCUT2D eigenvalue weighted by Gasteiger charge is 2.28. The molecule has 2 N–H and O–H groups in total. The number of guanidine groups is 1. The van der Waals surface area contributed by atoms with Gasteiger partial charge in [-0.3, -0.25) is 4.79 Å². The number of hydrogen-bond acceptors (Lipinski definition) is 3. The topological polar surface area (TPSA) is 56.7 Å². The Kier molecular flexibility index (Phi) is 9.19. The molecule has 1 amide bonds. The molecule has 1 aliphatic heterocycles. The maximum Gasteiger partial charge on any atom is 0.246 e. The summed E-state index contributed by atoms with van der Waals surface area (Å²) in [4.78, 5) is 18.4. The third-order valence-electron chi connectivity index (χ3n) is 3.74. The van der Waals surface area contributed by atoms with E-state index in [0.29, 0.717) is 12.5 Å². The number of nitrogens with zero attached hydrogens (tertiary/aromatic N) is 2. The van der Waals surface area contributed by atoms with E-state index >= 15 is 0 Å². The largest absolute Gasteiger partial charge is 0.357 e. The predicted molar refractivity (Wildman–Crippen MR) is 114 cm³/mol. The third kappa shape index (κ3) is 6.74. The summed E-state index contributed by atoms with van der Waals surface area (Å²) in [5, 5.41) is 5.36. The van der Waals surface area contributed by atoms with Gasteiger partial charge in [0, 0.05) is 30.1 Å². The number of nitrogens with one attached hydrogen (secondary N) is 2. The fraction of sp³-hybridized carbons (Fsp3) is 0.529. The van der Waals surface area contributed by atoms with Crippen molar-refractivity contribution in [1.29, 1.82) is 0 Å². The molecular weight excluding hydrogens is 492 g/mol. The molecule has 0 bridgehead atoms. The zero-order valence-corrected chi connectivity index (χ0v) is 18.6. The van der Waals surface area contributed by atoms with Crippen molar-refractivity contribution in [2.24, 2.45) is 4.99 Å². The van der Waals surface area contributed by atoms with Crippen LogP contribution in [-0.2, 0) is 4.79 Å². The van der Waals surface area contributed by atoms with Crippen molar-refractivity contribution < 1.29 is 18.0 Å². The van der Waals surface area contributed by atoms with Crippen molar-refractivity contribution in [3.05, 3.63) is 29.6 Å². The molecule has 0 spiro atoms. The van der Waals surface area contributed by atoms with Crippen molar-refractivity contribution in [1.82, 2.24) is 10.2 Å². The Morgan fingerprint density at radius 2 is 2.00 bits per heavy atom. The van der Waals surface area contributed by atoms with Gasteiger partial charge < -0.3 is 15.5 Å². The number of rotatable bonds is 4. The third-order valence-corrected chi connectivity index (χ3v) is 5.04. The van der Waals surface area contributed by atoms with E-state index in [1.807, 2.05) is 18.7 Å². The van der Waals surface area contributed by atoms with Crippen LogP contribution in [0.4, 0.5) is 18.9 Å². The van der Waals surface area contributed by atoms with Crippen molar-refractivity contribution >= 4 is 53.3 Å². The lowest BCUT2D eigenvalue weighted by atomic mass is 10.2. The number of thioether (sulfide) groups is 1. The predicted octanol–water partition coefficient (Wildman–Crippen LogP) is 3.45. The smallest absolute Gasteiger partial charge is 0.246 e. The molecule has 2 rings (SSSR count). The highest BCUT2D eigenvalue weighted by atomic mass is 127. The molecule has 1 fully saturated rings. The molecule has 152 valence electrons. The van der Waals surface area contributed by atoms with Crippen LogP contribution in [-0.4, -0.2) is 53.4 Å². The van der Waals surface area contributed by atoms with Gasteiger partial charge in [-0.25, -0.2) is 18.2 Å². The molecule has 1 aromatic rings. The molecule has 27 heavy (non-hydrogen) atoms. The van der Waals surface area contributed by atoms with Gasteiger partial charge in [0.25, 0.3) is 0 Å². The molecule has 1 heterocycles. The van der Waals surface area contributed by atoms with Gasteiger partial charge >= 0.3 is 0 Å². The SMILES string of the molecule is CCNC(=NCC(=O)Nc1ccc(F)c(F)c1F)N1CCSC(C)(C)C1.I. The maximum absolute atomic E-state index is 13.6. The van der Waals surface area contributed by atoms with Gasteiger partial charge in [0.1, 0.15) is 6.54 Å². The summed E-state index contributed by atoms with van der Waals surface area (Å²) in [6, 6.07) is 1.74. The van der Waals surface area contributed by atoms with Crippen molar-refractivity contribution in [2.75, 3.05) is 37.2 Å². The summed E-state index contributed by atoms with van der Waals surface area (Å²) >= 11 is 1.88. The number of halogens is 4. The summed E-state index contributed by atoms with van der Waals surface area (Å²) in [5.41, 5.74) is -0.412. The van der Waals surface area contributed by atoms with E-state index in [9.17, 15) is 18.0 Å². The molecule has 1 aromatic carbocycles. The molecule has 5 nitrogen and oxygen atoms in total. The number of carbonyl (C=O) groups is 1. The molecule has 0 atom stereocenters. The molecule has 1 saturated heterocycles. The molecular formula is C17H24F3IN4OS. The van der Waals surface area contributed by atoms with Gasteiger partial charge in [0.05, 0.1) is 5.69 Å². The first-order valence-corrected chi connectivity index (χ1v) is 9.32. The minimum Gasteiger partial charge on any atom is -0.357 e. The number of hydrogen-bond donors (Lipinski definition) is 2. The van der Waals surface area contributed by atoms with Crippen LogP contribution in [0.5, 0.6) is 0 Å². The van der Waals surface area contributed by atoms with E-state index in [1.165, 1.54) is 0 Å².